The molecule has 1 amide bonds. The van der Waals surface area contributed by atoms with Crippen molar-refractivity contribution in [1.82, 2.24) is 9.62 Å². The van der Waals surface area contributed by atoms with E-state index in [-0.39, 0.29) is 32.9 Å². The Morgan fingerprint density at radius 3 is 2.37 bits per heavy atom. The van der Waals surface area contributed by atoms with Gasteiger partial charge in [-0.25, -0.2) is 22.0 Å². The highest BCUT2D eigenvalue weighted by molar-refractivity contribution is 7.91. The first-order valence-electron chi connectivity index (χ1n) is 11.4. The third-order valence-corrected chi connectivity index (χ3v) is 10.3. The van der Waals surface area contributed by atoms with Gasteiger partial charge in [0.2, 0.25) is 10.0 Å². The van der Waals surface area contributed by atoms with Crippen molar-refractivity contribution in [2.45, 2.75) is 34.5 Å². The topological polar surface area (TPSA) is 182 Å². The summed E-state index contributed by atoms with van der Waals surface area (Å²) in [6.07, 6.45) is 1.06. The van der Waals surface area contributed by atoms with Gasteiger partial charge in [-0.2, -0.15) is 4.31 Å². The predicted octanol–water partition coefficient (Wildman–Crippen LogP) is 2.50. The van der Waals surface area contributed by atoms with Crippen LogP contribution in [0.4, 0.5) is 11.4 Å². The van der Waals surface area contributed by atoms with E-state index in [1.54, 1.807) is 18.2 Å². The smallest absolute Gasteiger partial charge is 0.269 e. The Morgan fingerprint density at radius 2 is 1.74 bits per heavy atom. The van der Waals surface area contributed by atoms with E-state index >= 15 is 0 Å². The summed E-state index contributed by atoms with van der Waals surface area (Å²) in [5, 5.41) is 21.9. The molecule has 0 radical (unpaired) electrons. The van der Waals surface area contributed by atoms with Crippen LogP contribution in [0.3, 0.4) is 0 Å². The van der Waals surface area contributed by atoms with Crippen LogP contribution in [-0.4, -0.2) is 51.1 Å². The van der Waals surface area contributed by atoms with Crippen LogP contribution < -0.4 is 15.8 Å². The number of hydrogen-bond acceptors (Lipinski definition) is 9. The number of non-ortho nitro benzene ring substituents is 1. The molecule has 1 aliphatic rings. The van der Waals surface area contributed by atoms with Crippen LogP contribution in [0.1, 0.15) is 28.1 Å². The van der Waals surface area contributed by atoms with Gasteiger partial charge in [-0.1, -0.05) is 6.07 Å². The van der Waals surface area contributed by atoms with Gasteiger partial charge in [0.25, 0.3) is 21.6 Å². The number of nitrogens with two attached hydrogens (primary N) is 1. The zero-order valence-electron chi connectivity index (χ0n) is 19.9. The number of nitrogens with zero attached hydrogens (tertiary/aromatic N) is 2. The molecule has 1 aromatic heterocycles. The largest absolute Gasteiger partial charge is 0.382 e. The molecule has 4 N–H and O–H groups in total. The molecule has 0 spiro atoms. The number of sulfonamides is 2. The lowest BCUT2D eigenvalue weighted by Crippen LogP contribution is -2.42. The SMILES string of the molecule is NS(=O)(=O)c1cccc(NC2CCN(S(=O)(=O)c3ccc(CNC(=O)c4ccc([N+](=O)[O-])cc4)s3)CC2)c1. The highest BCUT2D eigenvalue weighted by Crippen LogP contribution is 2.28. The van der Waals surface area contributed by atoms with Crippen LogP contribution in [0.5, 0.6) is 0 Å². The van der Waals surface area contributed by atoms with Crippen LogP contribution in [0.15, 0.2) is 69.8 Å². The van der Waals surface area contributed by atoms with E-state index in [0.29, 0.717) is 36.5 Å². The Labute approximate surface area is 223 Å². The van der Waals surface area contributed by atoms with Crippen molar-refractivity contribution in [2.75, 3.05) is 18.4 Å². The van der Waals surface area contributed by atoms with Gasteiger partial charge in [-0.3, -0.25) is 14.9 Å². The fourth-order valence-electron chi connectivity index (χ4n) is 3.96. The van der Waals surface area contributed by atoms with Gasteiger partial charge >= 0.3 is 0 Å². The van der Waals surface area contributed by atoms with Gasteiger partial charge < -0.3 is 10.6 Å². The first-order valence-corrected chi connectivity index (χ1v) is 15.2. The Morgan fingerprint density at radius 1 is 1.05 bits per heavy atom. The third kappa shape index (κ3) is 6.54. The first-order chi connectivity index (χ1) is 17.9. The molecule has 38 heavy (non-hydrogen) atoms. The number of carbonyl (C=O) groups excluding carboxylic acids is 1. The summed E-state index contributed by atoms with van der Waals surface area (Å²) in [4.78, 5) is 23.2. The molecule has 0 atom stereocenters. The number of hydrogen-bond donors (Lipinski definition) is 3. The second-order valence-electron chi connectivity index (χ2n) is 8.60. The second-order valence-corrected chi connectivity index (χ2v) is 13.5. The van der Waals surface area contributed by atoms with E-state index in [2.05, 4.69) is 10.6 Å². The minimum absolute atomic E-state index is 0.0000497. The van der Waals surface area contributed by atoms with E-state index in [9.17, 15) is 31.7 Å². The quantitative estimate of drug-likeness (QED) is 0.255. The van der Waals surface area contributed by atoms with E-state index < -0.39 is 30.9 Å². The molecule has 0 saturated carbocycles. The van der Waals surface area contributed by atoms with E-state index in [0.717, 1.165) is 11.3 Å². The molecule has 2 heterocycles. The summed E-state index contributed by atoms with van der Waals surface area (Å²) >= 11 is 1.07. The van der Waals surface area contributed by atoms with Gasteiger partial charge in [0, 0.05) is 47.4 Å². The number of nitro benzene ring substituents is 1. The van der Waals surface area contributed by atoms with Crippen molar-refractivity contribution in [2.24, 2.45) is 5.14 Å². The second kappa shape index (κ2) is 11.2. The molecule has 1 aliphatic heterocycles. The molecule has 2 aromatic carbocycles. The highest BCUT2D eigenvalue weighted by atomic mass is 32.2. The van der Waals surface area contributed by atoms with Crippen molar-refractivity contribution in [3.8, 4) is 0 Å². The molecule has 202 valence electrons. The van der Waals surface area contributed by atoms with Crippen molar-refractivity contribution in [1.29, 1.82) is 0 Å². The molecule has 1 fully saturated rings. The van der Waals surface area contributed by atoms with Crippen molar-refractivity contribution >= 4 is 48.7 Å². The average Bonchev–Trinajstić information content (AvgIpc) is 3.37. The maximum absolute atomic E-state index is 13.2. The van der Waals surface area contributed by atoms with Crippen molar-refractivity contribution in [3.63, 3.8) is 0 Å². The maximum atomic E-state index is 13.2. The highest BCUT2D eigenvalue weighted by Gasteiger charge is 2.30. The van der Waals surface area contributed by atoms with Gasteiger partial charge in [0.1, 0.15) is 4.21 Å². The third-order valence-electron chi connectivity index (χ3n) is 5.98. The van der Waals surface area contributed by atoms with Gasteiger partial charge in [-0.15, -0.1) is 11.3 Å². The molecule has 4 rings (SSSR count). The van der Waals surface area contributed by atoms with Crippen LogP contribution in [0.2, 0.25) is 0 Å². The maximum Gasteiger partial charge on any atom is 0.269 e. The Hall–Kier alpha value is -3.37. The first kappa shape index (κ1) is 27.7. The number of carbonyl (C=O) groups is 1. The molecule has 0 unspecified atom stereocenters. The number of rotatable bonds is 9. The average molecular weight is 580 g/mol. The Kier molecular flexibility index (Phi) is 8.13. The number of piperidine rings is 1. The molecule has 3 aromatic rings. The van der Waals surface area contributed by atoms with Crippen molar-refractivity contribution in [3.05, 3.63) is 81.2 Å². The summed E-state index contributed by atoms with van der Waals surface area (Å²) in [5.41, 5.74) is 0.732. The number of nitrogens with one attached hydrogen (secondary N) is 2. The summed E-state index contributed by atoms with van der Waals surface area (Å²) in [5.74, 6) is -0.429. The number of thiophene rings is 1. The lowest BCUT2D eigenvalue weighted by atomic mass is 10.1. The lowest BCUT2D eigenvalue weighted by Gasteiger charge is -2.31. The fraction of sp³-hybridized carbons (Fsp3) is 0.261. The monoisotopic (exact) mass is 579 g/mol. The number of amides is 1. The predicted molar refractivity (Wildman–Crippen MR) is 142 cm³/mol. The summed E-state index contributed by atoms with van der Waals surface area (Å²) < 4.78 is 51.1. The molecular formula is C23H25N5O7S3. The number of nitro groups is 1. The molecule has 12 nitrogen and oxygen atoms in total. The molecule has 15 heteroatoms. The number of anilines is 1. The van der Waals surface area contributed by atoms with Crippen LogP contribution in [0.25, 0.3) is 0 Å². The molecular weight excluding hydrogens is 554 g/mol. The van der Waals surface area contributed by atoms with Crippen LogP contribution in [0, 0.1) is 10.1 Å². The Balaban J connectivity index is 1.31. The van der Waals surface area contributed by atoms with Gasteiger partial charge in [0.15, 0.2) is 0 Å². The summed E-state index contributed by atoms with van der Waals surface area (Å²) in [6.45, 7) is 0.692. The van der Waals surface area contributed by atoms with E-state index in [4.69, 9.17) is 5.14 Å². The molecule has 0 aliphatic carbocycles. The van der Waals surface area contributed by atoms with Crippen LogP contribution in [-0.2, 0) is 26.6 Å². The normalized spacial score (nSPS) is 15.2. The van der Waals surface area contributed by atoms with Crippen molar-refractivity contribution < 1.29 is 26.6 Å². The summed E-state index contributed by atoms with van der Waals surface area (Å²) in [6, 6.07) is 14.5. The molecule has 0 bridgehead atoms. The molecule has 1 saturated heterocycles. The fourth-order valence-corrected chi connectivity index (χ4v) is 7.44. The standard InChI is InChI=1S/C23H25N5O7S3/c24-37(32,33)21-3-1-2-18(14-21)26-17-10-12-27(13-11-17)38(34,35)22-9-8-20(36-22)15-25-23(29)16-4-6-19(7-5-16)28(30)31/h1-9,14,17,26H,10-13,15H2,(H,25,29)(H2,24,32,33). The zero-order valence-corrected chi connectivity index (χ0v) is 22.4. The number of primary sulfonamides is 1. The Bertz CT molecular complexity index is 1550. The van der Waals surface area contributed by atoms with E-state index in [1.807, 2.05) is 0 Å². The van der Waals surface area contributed by atoms with E-state index in [1.165, 1.54) is 46.8 Å². The van der Waals surface area contributed by atoms with Gasteiger partial charge in [-0.05, 0) is 55.3 Å². The lowest BCUT2D eigenvalue weighted by molar-refractivity contribution is -0.384. The zero-order chi connectivity index (χ0) is 27.5. The van der Waals surface area contributed by atoms with Gasteiger partial charge in [0.05, 0.1) is 16.4 Å². The minimum Gasteiger partial charge on any atom is -0.382 e. The minimum atomic E-state index is -3.82. The van der Waals surface area contributed by atoms with Crippen LogP contribution >= 0.6 is 11.3 Å². The summed E-state index contributed by atoms with van der Waals surface area (Å²) in [7, 11) is -7.54. The number of benzene rings is 2.